The third-order valence-corrected chi connectivity index (χ3v) is 5.35. The molecular weight excluding hydrogens is 418 g/mol. The SMILES string of the molecule is S=C(Nc1cnn(Cn2nnc3ccccc32)c1)NC(c1ccccc1)c1ccccc1. The normalized spacial score (nSPS) is 11.0. The minimum atomic E-state index is -0.0611. The Labute approximate surface area is 190 Å². The van der Waals surface area contributed by atoms with Gasteiger partial charge in [-0.15, -0.1) is 5.10 Å². The molecular formula is C24H21N7S. The first kappa shape index (κ1) is 19.9. The highest BCUT2D eigenvalue weighted by molar-refractivity contribution is 7.80. The minimum absolute atomic E-state index is 0.0611. The Morgan fingerprint density at radius 2 is 1.53 bits per heavy atom. The Balaban J connectivity index is 1.29. The Bertz CT molecular complexity index is 1290. The van der Waals surface area contributed by atoms with Gasteiger partial charge in [-0.25, -0.2) is 9.36 Å². The van der Waals surface area contributed by atoms with Crippen molar-refractivity contribution >= 4 is 34.1 Å². The molecule has 158 valence electrons. The maximum absolute atomic E-state index is 5.61. The average Bonchev–Trinajstić information content (AvgIpc) is 3.46. The van der Waals surface area contributed by atoms with Gasteiger partial charge in [-0.05, 0) is 35.5 Å². The molecule has 3 aromatic carbocycles. The average molecular weight is 440 g/mol. The van der Waals surface area contributed by atoms with Crippen LogP contribution in [0.1, 0.15) is 17.2 Å². The van der Waals surface area contributed by atoms with Crippen LogP contribution in [0.15, 0.2) is 97.3 Å². The molecule has 5 rings (SSSR count). The van der Waals surface area contributed by atoms with E-state index in [9.17, 15) is 0 Å². The summed E-state index contributed by atoms with van der Waals surface area (Å²) in [5.41, 5.74) is 4.89. The van der Waals surface area contributed by atoms with E-state index in [-0.39, 0.29) is 6.04 Å². The molecule has 8 heteroatoms. The number of para-hydroxylation sites is 1. The van der Waals surface area contributed by atoms with Gasteiger partial charge in [0.15, 0.2) is 5.11 Å². The number of hydrogen-bond acceptors (Lipinski definition) is 4. The molecule has 0 amide bonds. The fraction of sp³-hybridized carbons (Fsp3) is 0.0833. The highest BCUT2D eigenvalue weighted by Gasteiger charge is 2.15. The molecule has 0 bridgehead atoms. The molecule has 0 aliphatic rings. The van der Waals surface area contributed by atoms with Crippen LogP contribution < -0.4 is 10.6 Å². The van der Waals surface area contributed by atoms with Crippen molar-refractivity contribution in [2.45, 2.75) is 12.7 Å². The summed E-state index contributed by atoms with van der Waals surface area (Å²) in [6, 6.07) is 28.3. The van der Waals surface area contributed by atoms with Crippen molar-refractivity contribution < 1.29 is 0 Å². The van der Waals surface area contributed by atoms with Crippen LogP contribution in [0.4, 0.5) is 5.69 Å². The zero-order valence-corrected chi connectivity index (χ0v) is 18.0. The maximum Gasteiger partial charge on any atom is 0.171 e. The molecule has 2 aromatic heterocycles. The summed E-state index contributed by atoms with van der Waals surface area (Å²) in [6.45, 7) is 0.457. The van der Waals surface area contributed by atoms with Gasteiger partial charge in [-0.1, -0.05) is 78.0 Å². The van der Waals surface area contributed by atoms with E-state index < -0.39 is 0 Å². The number of fused-ring (bicyclic) bond motifs is 1. The fourth-order valence-corrected chi connectivity index (χ4v) is 3.85. The molecule has 0 aliphatic carbocycles. The summed E-state index contributed by atoms with van der Waals surface area (Å²) < 4.78 is 3.60. The van der Waals surface area contributed by atoms with E-state index in [1.165, 1.54) is 0 Å². The third kappa shape index (κ3) is 4.35. The largest absolute Gasteiger partial charge is 0.352 e. The van der Waals surface area contributed by atoms with Gasteiger partial charge < -0.3 is 10.6 Å². The van der Waals surface area contributed by atoms with Crippen LogP contribution in [0.5, 0.6) is 0 Å². The van der Waals surface area contributed by atoms with Gasteiger partial charge in [0.1, 0.15) is 12.2 Å². The van der Waals surface area contributed by atoms with Crippen LogP contribution >= 0.6 is 12.2 Å². The van der Waals surface area contributed by atoms with Gasteiger partial charge in [0.2, 0.25) is 0 Å². The number of rotatable bonds is 6. The lowest BCUT2D eigenvalue weighted by molar-refractivity contribution is 0.502. The predicted octanol–water partition coefficient (Wildman–Crippen LogP) is 4.21. The molecule has 0 radical (unpaired) electrons. The molecule has 7 nitrogen and oxygen atoms in total. The number of benzene rings is 3. The summed E-state index contributed by atoms with van der Waals surface area (Å²) in [5.74, 6) is 0. The lowest BCUT2D eigenvalue weighted by Crippen LogP contribution is -2.32. The maximum atomic E-state index is 5.61. The van der Waals surface area contributed by atoms with Crippen LogP contribution in [0, 0.1) is 0 Å². The van der Waals surface area contributed by atoms with Gasteiger partial charge in [-0.3, -0.25) is 0 Å². The molecule has 0 atom stereocenters. The number of thiocarbonyl (C=S) groups is 1. The molecule has 2 heterocycles. The highest BCUT2D eigenvalue weighted by Crippen LogP contribution is 2.22. The van der Waals surface area contributed by atoms with Crippen molar-refractivity contribution in [3.8, 4) is 0 Å². The summed E-state index contributed by atoms with van der Waals surface area (Å²) in [6.07, 6.45) is 3.64. The first-order valence-electron chi connectivity index (χ1n) is 10.2. The summed E-state index contributed by atoms with van der Waals surface area (Å²) in [7, 11) is 0. The Kier molecular flexibility index (Phi) is 5.59. The standard InChI is InChI=1S/C24H21N7S/c32-24(27-23(18-9-3-1-4-10-18)19-11-5-2-6-12-19)26-20-15-25-30(16-20)17-31-22-14-8-7-13-21(22)28-29-31/h1-16,23H,17H2,(H2,26,27,32). The molecule has 0 aliphatic heterocycles. The van der Waals surface area contributed by atoms with E-state index >= 15 is 0 Å². The van der Waals surface area contributed by atoms with E-state index in [1.54, 1.807) is 10.9 Å². The first-order valence-corrected chi connectivity index (χ1v) is 10.7. The second-order valence-corrected chi connectivity index (χ2v) is 7.75. The van der Waals surface area contributed by atoms with Crippen molar-refractivity contribution in [2.75, 3.05) is 5.32 Å². The van der Waals surface area contributed by atoms with E-state index in [4.69, 9.17) is 12.2 Å². The van der Waals surface area contributed by atoms with Crippen LogP contribution in [0.3, 0.4) is 0 Å². The smallest absolute Gasteiger partial charge is 0.171 e. The highest BCUT2D eigenvalue weighted by atomic mass is 32.1. The van der Waals surface area contributed by atoms with Gasteiger partial charge >= 0.3 is 0 Å². The molecule has 0 saturated carbocycles. The summed E-state index contributed by atoms with van der Waals surface area (Å²) >= 11 is 5.61. The molecule has 0 spiro atoms. The second-order valence-electron chi connectivity index (χ2n) is 7.34. The third-order valence-electron chi connectivity index (χ3n) is 5.13. The fourth-order valence-electron chi connectivity index (χ4n) is 3.61. The Morgan fingerprint density at radius 1 is 0.875 bits per heavy atom. The first-order chi connectivity index (χ1) is 15.8. The monoisotopic (exact) mass is 439 g/mol. The van der Waals surface area contributed by atoms with E-state index in [2.05, 4.69) is 50.3 Å². The lowest BCUT2D eigenvalue weighted by Gasteiger charge is -2.21. The van der Waals surface area contributed by atoms with E-state index in [0.29, 0.717) is 11.8 Å². The number of aromatic nitrogens is 5. The zero-order chi connectivity index (χ0) is 21.8. The topological polar surface area (TPSA) is 72.6 Å². The van der Waals surface area contributed by atoms with Gasteiger partial charge in [-0.2, -0.15) is 5.10 Å². The molecule has 2 N–H and O–H groups in total. The number of nitrogens with zero attached hydrogens (tertiary/aromatic N) is 5. The van der Waals surface area contributed by atoms with E-state index in [0.717, 1.165) is 27.8 Å². The van der Waals surface area contributed by atoms with Crippen LogP contribution in [-0.2, 0) is 6.67 Å². The molecule has 0 saturated heterocycles. The minimum Gasteiger partial charge on any atom is -0.352 e. The molecule has 0 fully saturated rings. The van der Waals surface area contributed by atoms with Crippen LogP contribution in [0.25, 0.3) is 11.0 Å². The molecule has 0 unspecified atom stereocenters. The summed E-state index contributed by atoms with van der Waals surface area (Å²) in [4.78, 5) is 0. The predicted molar refractivity (Wildman–Crippen MR) is 129 cm³/mol. The number of hydrogen-bond donors (Lipinski definition) is 2. The molecule has 32 heavy (non-hydrogen) atoms. The van der Waals surface area contributed by atoms with Crippen LogP contribution in [0.2, 0.25) is 0 Å². The van der Waals surface area contributed by atoms with Crippen molar-refractivity contribution in [1.29, 1.82) is 0 Å². The van der Waals surface area contributed by atoms with Crippen molar-refractivity contribution in [3.05, 3.63) is 108 Å². The van der Waals surface area contributed by atoms with Gasteiger partial charge in [0.05, 0.1) is 29.6 Å². The van der Waals surface area contributed by atoms with Crippen molar-refractivity contribution in [1.82, 2.24) is 30.1 Å². The van der Waals surface area contributed by atoms with Gasteiger partial charge in [0, 0.05) is 0 Å². The van der Waals surface area contributed by atoms with Crippen molar-refractivity contribution in [2.24, 2.45) is 0 Å². The zero-order valence-electron chi connectivity index (χ0n) is 17.2. The Hall–Kier alpha value is -4.04. The molecule has 5 aromatic rings. The number of nitrogens with one attached hydrogen (secondary N) is 2. The summed E-state index contributed by atoms with van der Waals surface area (Å²) in [5, 5.41) is 20.0. The van der Waals surface area contributed by atoms with Crippen molar-refractivity contribution in [3.63, 3.8) is 0 Å². The van der Waals surface area contributed by atoms with Crippen LogP contribution in [-0.4, -0.2) is 29.9 Å². The lowest BCUT2D eigenvalue weighted by atomic mass is 9.99. The number of anilines is 1. The quantitative estimate of drug-likeness (QED) is 0.386. The second kappa shape index (κ2) is 8.99. The Morgan fingerprint density at radius 3 is 2.25 bits per heavy atom. The van der Waals surface area contributed by atoms with E-state index in [1.807, 2.05) is 71.5 Å². The van der Waals surface area contributed by atoms with Gasteiger partial charge in [0.25, 0.3) is 0 Å².